The van der Waals surface area contributed by atoms with Crippen LogP contribution in [0.1, 0.15) is 62.6 Å². The fourth-order valence-corrected chi connectivity index (χ4v) is 10.9. The van der Waals surface area contributed by atoms with Crippen molar-refractivity contribution < 1.29 is 40.3 Å². The SMILES string of the molecule is CC[Si](CC)(OCCc1c(-n2ccc(N3CCN(Cc4ccc(OC)cc4)C3=O)n2)cc(C)nc1Nc1ccc(C(F)(F)F)cc1C(F)(F)F)C(C)(C)C. The molecule has 292 valence electrons. The Morgan fingerprint density at radius 1 is 0.907 bits per heavy atom. The Morgan fingerprint density at radius 3 is 2.19 bits per heavy atom. The van der Waals surface area contributed by atoms with E-state index in [0.717, 1.165) is 23.7 Å². The van der Waals surface area contributed by atoms with E-state index in [0.29, 0.717) is 54.2 Å². The molecular formula is C38H46F6N6O3Si. The van der Waals surface area contributed by atoms with Gasteiger partial charge in [-0.3, -0.25) is 4.90 Å². The number of anilines is 3. The Labute approximate surface area is 312 Å². The lowest BCUT2D eigenvalue weighted by Gasteiger charge is -2.41. The number of carbonyl (C=O) groups is 1. The molecule has 4 aromatic rings. The van der Waals surface area contributed by atoms with Crippen LogP contribution in [0.2, 0.25) is 17.1 Å². The van der Waals surface area contributed by atoms with Crippen molar-refractivity contribution in [2.75, 3.05) is 37.0 Å². The lowest BCUT2D eigenvalue weighted by atomic mass is 10.1. The molecule has 5 rings (SSSR count). The van der Waals surface area contributed by atoms with Crippen molar-refractivity contribution in [1.82, 2.24) is 19.7 Å². The van der Waals surface area contributed by atoms with E-state index >= 15 is 0 Å². The van der Waals surface area contributed by atoms with Gasteiger partial charge in [-0.05, 0) is 66.0 Å². The number of urea groups is 1. The number of aromatic nitrogens is 3. The molecule has 1 saturated heterocycles. The number of hydrogen-bond donors (Lipinski definition) is 1. The van der Waals surface area contributed by atoms with Gasteiger partial charge in [0.2, 0.25) is 0 Å². The Bertz CT molecular complexity index is 1940. The molecule has 2 amide bonds. The van der Waals surface area contributed by atoms with Crippen molar-refractivity contribution in [1.29, 1.82) is 0 Å². The maximum atomic E-state index is 14.2. The number of nitrogens with one attached hydrogen (secondary N) is 1. The molecule has 0 radical (unpaired) electrons. The number of pyridine rings is 1. The summed E-state index contributed by atoms with van der Waals surface area (Å²) in [5.74, 6) is 1.11. The van der Waals surface area contributed by atoms with Crippen LogP contribution >= 0.6 is 0 Å². The minimum absolute atomic E-state index is 0.0230. The predicted molar refractivity (Wildman–Crippen MR) is 198 cm³/mol. The Kier molecular flexibility index (Phi) is 11.8. The number of rotatable bonds is 13. The maximum absolute atomic E-state index is 14.2. The monoisotopic (exact) mass is 776 g/mol. The quantitative estimate of drug-likeness (QED) is 0.108. The van der Waals surface area contributed by atoms with E-state index in [4.69, 9.17) is 14.3 Å². The molecule has 0 atom stereocenters. The van der Waals surface area contributed by atoms with Gasteiger partial charge in [-0.2, -0.15) is 26.3 Å². The van der Waals surface area contributed by atoms with Crippen LogP contribution in [0.15, 0.2) is 60.8 Å². The van der Waals surface area contributed by atoms with Crippen LogP contribution in [-0.2, 0) is 29.7 Å². The number of ether oxygens (including phenoxy) is 1. The number of alkyl halides is 6. The van der Waals surface area contributed by atoms with Crippen molar-refractivity contribution in [2.45, 2.75) is 84.0 Å². The topological polar surface area (TPSA) is 84.8 Å². The third-order valence-corrected chi connectivity index (χ3v) is 15.9. The highest BCUT2D eigenvalue weighted by Gasteiger charge is 2.43. The number of nitrogens with zero attached hydrogens (tertiary/aromatic N) is 5. The molecule has 0 unspecified atom stereocenters. The van der Waals surface area contributed by atoms with Crippen LogP contribution in [-0.4, -0.2) is 60.8 Å². The van der Waals surface area contributed by atoms with Crippen molar-refractivity contribution in [3.63, 3.8) is 0 Å². The highest BCUT2D eigenvalue weighted by atomic mass is 28.4. The summed E-state index contributed by atoms with van der Waals surface area (Å²) < 4.78 is 96.6. The van der Waals surface area contributed by atoms with Gasteiger partial charge in [0, 0.05) is 56.2 Å². The molecule has 1 aliphatic heterocycles. The first-order valence-corrected chi connectivity index (χ1v) is 20.1. The van der Waals surface area contributed by atoms with E-state index in [1.807, 2.05) is 24.3 Å². The van der Waals surface area contributed by atoms with Gasteiger partial charge < -0.3 is 19.4 Å². The van der Waals surface area contributed by atoms with Crippen molar-refractivity contribution >= 4 is 31.7 Å². The van der Waals surface area contributed by atoms with Crippen molar-refractivity contribution in [2.24, 2.45) is 0 Å². The lowest BCUT2D eigenvalue weighted by Crippen LogP contribution is -2.46. The van der Waals surface area contributed by atoms with E-state index < -0.39 is 37.5 Å². The normalized spacial score (nSPS) is 14.3. The summed E-state index contributed by atoms with van der Waals surface area (Å²) >= 11 is 0. The average molecular weight is 777 g/mol. The number of halogens is 6. The van der Waals surface area contributed by atoms with Gasteiger partial charge in [-0.25, -0.2) is 14.5 Å². The van der Waals surface area contributed by atoms with Crippen molar-refractivity contribution in [3.8, 4) is 11.4 Å². The van der Waals surface area contributed by atoms with Crippen LogP contribution < -0.4 is 15.0 Å². The van der Waals surface area contributed by atoms with Crippen LogP contribution in [0.3, 0.4) is 0 Å². The van der Waals surface area contributed by atoms with Gasteiger partial charge in [-0.15, -0.1) is 5.10 Å². The first-order valence-electron chi connectivity index (χ1n) is 17.8. The van der Waals surface area contributed by atoms with E-state index in [9.17, 15) is 31.1 Å². The molecule has 1 N–H and O–H groups in total. The van der Waals surface area contributed by atoms with Crippen LogP contribution in [0.4, 0.5) is 48.5 Å². The smallest absolute Gasteiger partial charge is 0.418 e. The minimum Gasteiger partial charge on any atom is -0.497 e. The van der Waals surface area contributed by atoms with E-state index in [-0.39, 0.29) is 36.0 Å². The largest absolute Gasteiger partial charge is 0.497 e. The summed E-state index contributed by atoms with van der Waals surface area (Å²) in [7, 11) is -0.709. The molecule has 0 saturated carbocycles. The molecule has 0 bridgehead atoms. The fourth-order valence-electron chi connectivity index (χ4n) is 6.99. The Hall–Kier alpha value is -4.57. The highest BCUT2D eigenvalue weighted by molar-refractivity contribution is 6.76. The van der Waals surface area contributed by atoms with Gasteiger partial charge in [0.25, 0.3) is 0 Å². The Balaban J connectivity index is 1.51. The molecule has 3 heterocycles. The standard InChI is InChI=1S/C38H46F6N6O3Si/c1-8-54(9-2,36(4,5)6)53-21-17-29-32(22-25(3)45-34(29)46-31-15-12-27(37(39,40)41)23-30(31)38(42,43)44)50-18-16-33(47-50)49-20-19-48(35(49)51)24-26-10-13-28(52-7)14-11-26/h10-16,18,22-23H,8-9,17,19-21,24H2,1-7H3,(H,45,46). The second kappa shape index (κ2) is 15.7. The third-order valence-electron chi connectivity index (χ3n) is 10.1. The van der Waals surface area contributed by atoms with Gasteiger partial charge in [-0.1, -0.05) is 46.8 Å². The fraction of sp³-hybridized carbons (Fsp3) is 0.447. The van der Waals surface area contributed by atoms with Gasteiger partial charge in [0.15, 0.2) is 14.1 Å². The van der Waals surface area contributed by atoms with Gasteiger partial charge >= 0.3 is 18.4 Å². The lowest BCUT2D eigenvalue weighted by molar-refractivity contribution is -0.142. The zero-order chi connectivity index (χ0) is 39.6. The van der Waals surface area contributed by atoms with Crippen molar-refractivity contribution in [3.05, 3.63) is 88.7 Å². The molecule has 54 heavy (non-hydrogen) atoms. The molecule has 0 spiro atoms. The summed E-state index contributed by atoms with van der Waals surface area (Å²) in [4.78, 5) is 21.3. The molecule has 2 aromatic carbocycles. The van der Waals surface area contributed by atoms with Crippen LogP contribution in [0, 0.1) is 6.92 Å². The number of carbonyl (C=O) groups excluding carboxylic acids is 1. The Morgan fingerprint density at radius 2 is 1.59 bits per heavy atom. The first kappa shape index (κ1) is 40.6. The number of aryl methyl sites for hydroxylation is 1. The third kappa shape index (κ3) is 8.70. The summed E-state index contributed by atoms with van der Waals surface area (Å²) in [6, 6.07) is 13.8. The summed E-state index contributed by atoms with van der Waals surface area (Å²) in [5, 5.41) is 7.36. The van der Waals surface area contributed by atoms with E-state index in [2.05, 4.69) is 44.9 Å². The first-order chi connectivity index (χ1) is 25.3. The number of methoxy groups -OCH3 is 1. The summed E-state index contributed by atoms with van der Waals surface area (Å²) in [5.41, 5.74) is -1.21. The van der Waals surface area contributed by atoms with E-state index in [1.54, 1.807) is 42.2 Å². The zero-order valence-corrected chi connectivity index (χ0v) is 32.5. The average Bonchev–Trinajstić information content (AvgIpc) is 3.73. The summed E-state index contributed by atoms with van der Waals surface area (Å²) in [6.07, 6.45) is -8.21. The van der Waals surface area contributed by atoms with Gasteiger partial charge in [0.1, 0.15) is 11.6 Å². The highest BCUT2D eigenvalue weighted by Crippen LogP contribution is 2.43. The number of benzene rings is 2. The molecule has 16 heteroatoms. The van der Waals surface area contributed by atoms with E-state index in [1.165, 1.54) is 4.68 Å². The van der Waals surface area contributed by atoms with Gasteiger partial charge in [0.05, 0.1) is 29.6 Å². The molecule has 9 nitrogen and oxygen atoms in total. The van der Waals surface area contributed by atoms with Crippen LogP contribution in [0.25, 0.3) is 5.69 Å². The summed E-state index contributed by atoms with van der Waals surface area (Å²) in [6.45, 7) is 13.7. The van der Waals surface area contributed by atoms with Crippen LogP contribution in [0.5, 0.6) is 5.75 Å². The number of hydrogen-bond acceptors (Lipinski definition) is 6. The molecule has 2 aromatic heterocycles. The predicted octanol–water partition coefficient (Wildman–Crippen LogP) is 10.2. The molecule has 1 aliphatic rings. The molecular weight excluding hydrogens is 731 g/mol. The minimum atomic E-state index is -5.10. The molecule has 0 aliphatic carbocycles. The second-order valence-electron chi connectivity index (χ2n) is 14.4. The number of amides is 2. The maximum Gasteiger partial charge on any atom is 0.418 e. The molecule has 1 fully saturated rings. The second-order valence-corrected chi connectivity index (χ2v) is 19.6. The zero-order valence-electron chi connectivity index (χ0n) is 31.5.